The first-order chi connectivity index (χ1) is 10.1. The summed E-state index contributed by atoms with van der Waals surface area (Å²) in [5.41, 5.74) is 4.23. The summed E-state index contributed by atoms with van der Waals surface area (Å²) in [5, 5.41) is 5.01. The molecule has 0 unspecified atom stereocenters. The molecule has 2 nitrogen and oxygen atoms in total. The van der Waals surface area contributed by atoms with Crippen molar-refractivity contribution >= 4 is 5.78 Å². The number of rotatable bonds is 1. The molecule has 4 aliphatic carbocycles. The lowest BCUT2D eigenvalue weighted by Gasteiger charge is -2.44. The van der Waals surface area contributed by atoms with Gasteiger partial charge in [-0.15, -0.1) is 0 Å². The summed E-state index contributed by atoms with van der Waals surface area (Å²) in [4.78, 5) is 11.6. The second-order valence-electron chi connectivity index (χ2n) is 7.09. The van der Waals surface area contributed by atoms with Crippen LogP contribution in [0.15, 0.2) is 34.9 Å². The fourth-order valence-electron chi connectivity index (χ4n) is 4.97. The third-order valence-electron chi connectivity index (χ3n) is 6.16. The summed E-state index contributed by atoms with van der Waals surface area (Å²) in [5.74, 6) is 1.49. The number of carbonyl (C=O) groups excluding carboxylic acids is 1. The minimum Gasteiger partial charge on any atom is -0.392 e. The van der Waals surface area contributed by atoms with Gasteiger partial charge in [0.2, 0.25) is 1.43 Å². The van der Waals surface area contributed by atoms with Gasteiger partial charge in [0, 0.05) is 11.8 Å². The number of allylic oxidation sites excluding steroid dienone is 5. The van der Waals surface area contributed by atoms with Crippen LogP contribution in [-0.2, 0) is 4.79 Å². The normalized spacial score (nSPS) is 43.6. The predicted octanol–water partition coefficient (Wildman–Crippen LogP) is 3.33. The van der Waals surface area contributed by atoms with E-state index in [0.29, 0.717) is 24.0 Å². The number of carbonyl (C=O) groups is 1. The third-order valence-corrected chi connectivity index (χ3v) is 6.16. The monoisotopic (exact) mass is 271 g/mol. The molecule has 0 spiro atoms. The molecule has 2 heteroatoms. The lowest BCUT2D eigenvalue weighted by atomic mass is 9.60. The molecule has 0 aromatic heterocycles. The van der Waals surface area contributed by atoms with Crippen molar-refractivity contribution in [3.63, 3.8) is 0 Å². The number of aliphatic hydroxyl groups is 1. The molecule has 0 heterocycles. The molecule has 0 amide bonds. The highest BCUT2D eigenvalue weighted by Crippen LogP contribution is 2.57. The van der Waals surface area contributed by atoms with Crippen molar-refractivity contribution in [2.45, 2.75) is 51.6 Å². The number of hydrogen-bond donors (Lipinski definition) is 1. The summed E-state index contributed by atoms with van der Waals surface area (Å²) in [6.07, 6.45) is 12.4. The predicted molar refractivity (Wildman–Crippen MR) is 78.1 cm³/mol. The number of fused-ring (bicyclic) bond motifs is 4. The Hall–Kier alpha value is -1.15. The second-order valence-corrected chi connectivity index (χ2v) is 7.09. The van der Waals surface area contributed by atoms with Gasteiger partial charge in [-0.2, -0.15) is 0 Å². The van der Waals surface area contributed by atoms with Crippen molar-refractivity contribution in [1.29, 1.82) is 1.43 Å². The van der Waals surface area contributed by atoms with Crippen molar-refractivity contribution in [3.05, 3.63) is 34.9 Å². The van der Waals surface area contributed by atoms with Crippen LogP contribution in [0.2, 0.25) is 0 Å². The first-order valence-corrected chi connectivity index (χ1v) is 7.91. The van der Waals surface area contributed by atoms with E-state index in [4.69, 9.17) is 6.54 Å². The average molecular weight is 271 g/mol. The Bertz CT molecular complexity index is 586. The molecule has 20 heavy (non-hydrogen) atoms. The number of ketones is 1. The van der Waals surface area contributed by atoms with E-state index in [1.54, 1.807) is 0 Å². The molecule has 1 saturated carbocycles. The van der Waals surface area contributed by atoms with E-state index in [1.807, 2.05) is 6.08 Å². The third kappa shape index (κ3) is 1.57. The summed E-state index contributed by atoms with van der Waals surface area (Å²) in [7, 11) is 0. The lowest BCUT2D eigenvalue weighted by molar-refractivity contribution is -0.114. The highest BCUT2D eigenvalue weighted by molar-refractivity contribution is 5.93. The van der Waals surface area contributed by atoms with Crippen LogP contribution in [0.5, 0.6) is 0 Å². The smallest absolute Gasteiger partial charge is 0.210 e. The van der Waals surface area contributed by atoms with Crippen molar-refractivity contribution < 1.29 is 9.90 Å². The fraction of sp³-hybridized carbons (Fsp3) is 0.611. The summed E-state index contributed by atoms with van der Waals surface area (Å²) < 4.78 is 7.36. The van der Waals surface area contributed by atoms with Gasteiger partial charge in [0.15, 0.2) is 5.78 Å². The maximum atomic E-state index is 11.6. The van der Waals surface area contributed by atoms with E-state index in [0.717, 1.165) is 32.1 Å². The van der Waals surface area contributed by atoms with Crippen LogP contribution in [0.4, 0.5) is 0 Å². The van der Waals surface area contributed by atoms with Gasteiger partial charge in [-0.3, -0.25) is 4.79 Å². The zero-order chi connectivity index (χ0) is 14.6. The van der Waals surface area contributed by atoms with Gasteiger partial charge in [0.25, 0.3) is 0 Å². The molecule has 0 saturated heterocycles. The Morgan fingerprint density at radius 2 is 2.20 bits per heavy atom. The average Bonchev–Trinajstić information content (AvgIpc) is 2.83. The molecule has 0 aromatic rings. The van der Waals surface area contributed by atoms with E-state index in [1.165, 1.54) is 16.7 Å². The van der Waals surface area contributed by atoms with Crippen LogP contribution in [0.25, 0.3) is 0 Å². The lowest BCUT2D eigenvalue weighted by Crippen LogP contribution is -2.39. The van der Waals surface area contributed by atoms with E-state index in [9.17, 15) is 4.79 Å². The molecule has 4 aliphatic rings. The molecule has 106 valence electrons. The van der Waals surface area contributed by atoms with Crippen molar-refractivity contribution in [1.82, 2.24) is 0 Å². The highest BCUT2D eigenvalue weighted by Gasteiger charge is 2.51. The van der Waals surface area contributed by atoms with Crippen LogP contribution in [0, 0.1) is 17.3 Å². The van der Waals surface area contributed by atoms with Gasteiger partial charge in [-0.1, -0.05) is 19.1 Å². The van der Waals surface area contributed by atoms with Gasteiger partial charge in [0.05, 0.1) is 6.10 Å². The molecule has 0 aliphatic heterocycles. The fourth-order valence-corrected chi connectivity index (χ4v) is 4.97. The molecule has 0 bridgehead atoms. The van der Waals surface area contributed by atoms with E-state index in [2.05, 4.69) is 19.1 Å². The van der Waals surface area contributed by atoms with Crippen molar-refractivity contribution in [2.24, 2.45) is 17.3 Å². The Balaban J connectivity index is 1.79. The summed E-state index contributed by atoms with van der Waals surface area (Å²) in [6, 6.07) is 0. The zero-order valence-electron chi connectivity index (χ0n) is 13.0. The first kappa shape index (κ1) is 11.5. The maximum Gasteiger partial charge on any atom is 0.210 e. The summed E-state index contributed by atoms with van der Waals surface area (Å²) >= 11 is 0. The second kappa shape index (κ2) is 4.17. The van der Waals surface area contributed by atoms with E-state index in [-0.39, 0.29) is 11.5 Å². The van der Waals surface area contributed by atoms with Gasteiger partial charge in [-0.05, 0) is 66.7 Å². The standard InChI is InChI=1S/C18H22O2/c1-18-9-8-14-13-5-3-12(19)10-11(13)2-4-15(14)16(18)6-7-17(18)20/h8-10,15-17,20H,2-7H2,1H3/t15-,16+,17+,18+/m1/s1/i20D. The molecule has 1 N–H and O–H groups in total. The molecular weight excluding hydrogens is 248 g/mol. The van der Waals surface area contributed by atoms with Crippen LogP contribution in [-0.4, -0.2) is 18.4 Å². The Morgan fingerprint density at radius 3 is 3.05 bits per heavy atom. The van der Waals surface area contributed by atoms with Crippen LogP contribution in [0.3, 0.4) is 0 Å². The molecule has 0 radical (unpaired) electrons. The van der Waals surface area contributed by atoms with Crippen LogP contribution < -0.4 is 0 Å². The quantitative estimate of drug-likeness (QED) is 0.794. The summed E-state index contributed by atoms with van der Waals surface area (Å²) in [6.45, 7) is 2.26. The van der Waals surface area contributed by atoms with Gasteiger partial charge in [0.1, 0.15) is 0 Å². The van der Waals surface area contributed by atoms with E-state index >= 15 is 0 Å². The number of hydrogen-bond acceptors (Lipinski definition) is 2. The topological polar surface area (TPSA) is 37.3 Å². The SMILES string of the molecule is [2H]O[C@H]1CC[C@H]2[C@@H]3CCC4=CC(=O)CCC4=C3C=C[C@]12C. The minimum absolute atomic E-state index is 0.0161. The molecule has 4 atom stereocenters. The molecule has 1 fully saturated rings. The van der Waals surface area contributed by atoms with Crippen molar-refractivity contribution in [2.75, 3.05) is 0 Å². The van der Waals surface area contributed by atoms with Crippen molar-refractivity contribution in [3.8, 4) is 0 Å². The Labute approximate surface area is 121 Å². The maximum absolute atomic E-state index is 11.6. The zero-order valence-corrected chi connectivity index (χ0v) is 12.0. The van der Waals surface area contributed by atoms with E-state index < -0.39 is 0 Å². The minimum atomic E-state index is 0.0161. The molecular formula is C18H22O2. The van der Waals surface area contributed by atoms with Gasteiger partial charge in [-0.25, -0.2) is 0 Å². The van der Waals surface area contributed by atoms with Gasteiger partial charge < -0.3 is 5.11 Å². The Morgan fingerprint density at radius 1 is 1.30 bits per heavy atom. The van der Waals surface area contributed by atoms with Gasteiger partial charge >= 0.3 is 0 Å². The first-order valence-electron chi connectivity index (χ1n) is 8.32. The Kier molecular flexibility index (Phi) is 2.40. The number of aliphatic hydroxyl groups excluding tert-OH is 1. The highest BCUT2D eigenvalue weighted by atomic mass is 16.3. The van der Waals surface area contributed by atoms with Crippen LogP contribution >= 0.6 is 0 Å². The molecule has 0 aromatic carbocycles. The van der Waals surface area contributed by atoms with Crippen LogP contribution in [0.1, 0.15) is 45.4 Å². The largest absolute Gasteiger partial charge is 0.392 e. The molecule has 4 rings (SSSR count).